The molecule has 4 heterocycles. The molecular weight excluding hydrogens is 456 g/mol. The van der Waals surface area contributed by atoms with Crippen molar-refractivity contribution in [3.63, 3.8) is 0 Å². The van der Waals surface area contributed by atoms with E-state index in [0.29, 0.717) is 32.5 Å². The number of carbonyl (C=O) groups excluding carboxylic acids is 2. The smallest absolute Gasteiger partial charge is 0.248 e. The van der Waals surface area contributed by atoms with Crippen LogP contribution in [0.25, 0.3) is 5.82 Å². The lowest BCUT2D eigenvalue weighted by Gasteiger charge is -2.52. The molecule has 2 fully saturated rings. The summed E-state index contributed by atoms with van der Waals surface area (Å²) in [7, 11) is 0. The Labute approximate surface area is 213 Å². The molecule has 0 aromatic carbocycles. The average Bonchev–Trinajstić information content (AvgIpc) is 3.15. The zero-order valence-corrected chi connectivity index (χ0v) is 22.2. The first kappa shape index (κ1) is 26.3. The molecule has 2 aliphatic rings. The fourth-order valence-electron chi connectivity index (χ4n) is 5.50. The minimum atomic E-state index is -0.899. The summed E-state index contributed by atoms with van der Waals surface area (Å²) >= 11 is 0. The van der Waals surface area contributed by atoms with E-state index in [1.807, 2.05) is 43.7 Å². The third-order valence-corrected chi connectivity index (χ3v) is 7.89. The number of hydrogen-bond donors (Lipinski definition) is 2. The van der Waals surface area contributed by atoms with Crippen LogP contribution in [0.3, 0.4) is 0 Å². The van der Waals surface area contributed by atoms with Gasteiger partial charge in [0.15, 0.2) is 5.82 Å². The molecule has 0 unspecified atom stereocenters. The summed E-state index contributed by atoms with van der Waals surface area (Å²) in [5.74, 6) is 0.393. The lowest BCUT2D eigenvalue weighted by atomic mass is 9.80. The fraction of sp³-hybridized carbons (Fsp3) is 0.630. The number of aromatic nitrogens is 3. The Hall–Kier alpha value is -2.78. The van der Waals surface area contributed by atoms with Gasteiger partial charge < -0.3 is 15.3 Å². The van der Waals surface area contributed by atoms with E-state index in [1.54, 1.807) is 11.1 Å². The molecule has 2 atom stereocenters. The number of piperidine rings is 1. The van der Waals surface area contributed by atoms with Crippen molar-refractivity contribution in [2.75, 3.05) is 19.6 Å². The van der Waals surface area contributed by atoms with Crippen molar-refractivity contribution in [1.82, 2.24) is 29.9 Å². The Balaban J connectivity index is 1.51. The Bertz CT molecular complexity index is 1070. The number of nitrogens with zero attached hydrogens (tertiary/aromatic N) is 5. The number of likely N-dealkylation sites (tertiary alicyclic amines) is 1. The van der Waals surface area contributed by atoms with Crippen molar-refractivity contribution in [2.24, 2.45) is 5.92 Å². The van der Waals surface area contributed by atoms with Crippen LogP contribution in [0.1, 0.15) is 63.4 Å². The molecule has 0 saturated carbocycles. The van der Waals surface area contributed by atoms with E-state index in [4.69, 9.17) is 5.10 Å². The standard InChI is InChI=1S/C27H40N6O3/c1-6-7-14-32-25(35)23(24(34)18(2)3)29-26(36)27(32)11-15-31(16-12-27)17-21-19(4)30-33(20(21)5)22-10-8-9-13-28-22/h8-10,13,18,23-24,34H,6-7,11-12,14-17H2,1-5H3,(H,29,36)/t23-,24-/m1/s1. The van der Waals surface area contributed by atoms with Crippen LogP contribution in [-0.4, -0.2) is 78.8 Å². The highest BCUT2D eigenvalue weighted by Crippen LogP contribution is 2.35. The van der Waals surface area contributed by atoms with E-state index < -0.39 is 17.7 Å². The Kier molecular flexibility index (Phi) is 7.80. The summed E-state index contributed by atoms with van der Waals surface area (Å²) in [6, 6.07) is 4.91. The number of aryl methyl sites for hydroxylation is 1. The van der Waals surface area contributed by atoms with Crippen LogP contribution in [0.15, 0.2) is 24.4 Å². The second kappa shape index (κ2) is 10.7. The highest BCUT2D eigenvalue weighted by Gasteiger charge is 2.54. The number of rotatable bonds is 8. The van der Waals surface area contributed by atoms with Crippen LogP contribution in [0, 0.1) is 19.8 Å². The molecule has 0 radical (unpaired) electrons. The molecular formula is C27H40N6O3. The van der Waals surface area contributed by atoms with E-state index in [9.17, 15) is 14.7 Å². The molecule has 1 spiro atoms. The minimum Gasteiger partial charge on any atom is -0.390 e. The van der Waals surface area contributed by atoms with Crippen LogP contribution in [0.4, 0.5) is 0 Å². The van der Waals surface area contributed by atoms with Gasteiger partial charge in [-0.2, -0.15) is 5.10 Å². The first-order valence-electron chi connectivity index (χ1n) is 13.2. The van der Waals surface area contributed by atoms with Crippen LogP contribution in [-0.2, 0) is 16.1 Å². The van der Waals surface area contributed by atoms with E-state index in [1.165, 1.54) is 5.56 Å². The Morgan fingerprint density at radius 1 is 1.19 bits per heavy atom. The predicted molar refractivity (Wildman–Crippen MR) is 137 cm³/mol. The first-order chi connectivity index (χ1) is 17.2. The van der Waals surface area contributed by atoms with Crippen LogP contribution < -0.4 is 5.32 Å². The molecule has 2 N–H and O–H groups in total. The maximum atomic E-state index is 13.5. The molecule has 2 amide bonds. The van der Waals surface area contributed by atoms with Gasteiger partial charge in [-0.1, -0.05) is 33.3 Å². The van der Waals surface area contributed by atoms with Crippen LogP contribution in [0.5, 0.6) is 0 Å². The Morgan fingerprint density at radius 2 is 1.92 bits per heavy atom. The average molecular weight is 497 g/mol. The lowest BCUT2D eigenvalue weighted by Crippen LogP contribution is -2.74. The first-order valence-corrected chi connectivity index (χ1v) is 13.2. The van der Waals surface area contributed by atoms with Gasteiger partial charge in [-0.25, -0.2) is 9.67 Å². The summed E-state index contributed by atoms with van der Waals surface area (Å²) in [4.78, 5) is 35.6. The van der Waals surface area contributed by atoms with Gasteiger partial charge in [-0.3, -0.25) is 14.5 Å². The van der Waals surface area contributed by atoms with Gasteiger partial charge in [-0.15, -0.1) is 0 Å². The fourth-order valence-corrected chi connectivity index (χ4v) is 5.50. The molecule has 2 aliphatic heterocycles. The van der Waals surface area contributed by atoms with Crippen molar-refractivity contribution in [1.29, 1.82) is 0 Å². The topological polar surface area (TPSA) is 104 Å². The number of hydrogen-bond acceptors (Lipinski definition) is 6. The number of nitrogens with one attached hydrogen (secondary N) is 1. The maximum absolute atomic E-state index is 13.5. The summed E-state index contributed by atoms with van der Waals surface area (Å²) in [6.45, 7) is 12.6. The zero-order chi connectivity index (χ0) is 26.0. The lowest BCUT2D eigenvalue weighted by molar-refractivity contribution is -0.165. The summed E-state index contributed by atoms with van der Waals surface area (Å²) in [5.41, 5.74) is 2.35. The van der Waals surface area contributed by atoms with Gasteiger partial charge in [0.1, 0.15) is 11.6 Å². The number of aliphatic hydroxyl groups is 1. The number of aliphatic hydroxyl groups excluding tert-OH is 1. The highest BCUT2D eigenvalue weighted by atomic mass is 16.3. The van der Waals surface area contributed by atoms with E-state index in [2.05, 4.69) is 29.0 Å². The SMILES string of the molecule is CCCCN1C(=O)[C@@H]([C@H](O)C(C)C)NC(=O)C12CCN(Cc1c(C)nn(-c3ccccn3)c1C)CC2. The molecule has 2 aromatic heterocycles. The third-order valence-electron chi connectivity index (χ3n) is 7.89. The second-order valence-corrected chi connectivity index (χ2v) is 10.6. The van der Waals surface area contributed by atoms with Gasteiger partial charge in [-0.05, 0) is 51.2 Å². The molecule has 4 rings (SSSR count). The minimum absolute atomic E-state index is 0.123. The normalized spacial score (nSPS) is 21.3. The summed E-state index contributed by atoms with van der Waals surface area (Å²) in [6.07, 6.45) is 3.78. The quantitative estimate of drug-likeness (QED) is 0.582. The predicted octanol–water partition coefficient (Wildman–Crippen LogP) is 2.36. The molecule has 0 bridgehead atoms. The van der Waals surface area contributed by atoms with Crippen molar-refractivity contribution in [2.45, 2.75) is 84.5 Å². The van der Waals surface area contributed by atoms with E-state index in [0.717, 1.165) is 36.6 Å². The van der Waals surface area contributed by atoms with Crippen molar-refractivity contribution in [3.8, 4) is 5.82 Å². The van der Waals surface area contributed by atoms with Crippen molar-refractivity contribution >= 4 is 11.8 Å². The van der Waals surface area contributed by atoms with Crippen LogP contribution in [0.2, 0.25) is 0 Å². The summed E-state index contributed by atoms with van der Waals surface area (Å²) in [5, 5.41) is 18.3. The zero-order valence-electron chi connectivity index (χ0n) is 22.2. The van der Waals surface area contributed by atoms with Crippen LogP contribution >= 0.6 is 0 Å². The van der Waals surface area contributed by atoms with E-state index >= 15 is 0 Å². The largest absolute Gasteiger partial charge is 0.390 e. The second-order valence-electron chi connectivity index (χ2n) is 10.6. The molecule has 36 heavy (non-hydrogen) atoms. The van der Waals surface area contributed by atoms with Gasteiger partial charge in [0.2, 0.25) is 11.8 Å². The number of unbranched alkanes of at least 4 members (excludes halogenated alkanes) is 1. The van der Waals surface area contributed by atoms with E-state index in [-0.39, 0.29) is 17.7 Å². The molecule has 2 saturated heterocycles. The summed E-state index contributed by atoms with van der Waals surface area (Å²) < 4.78 is 1.88. The molecule has 9 nitrogen and oxygen atoms in total. The molecule has 9 heteroatoms. The molecule has 196 valence electrons. The van der Waals surface area contributed by atoms with Gasteiger partial charge >= 0.3 is 0 Å². The maximum Gasteiger partial charge on any atom is 0.248 e. The Morgan fingerprint density at radius 3 is 2.53 bits per heavy atom. The number of carbonyl (C=O) groups is 2. The number of piperazine rings is 1. The monoisotopic (exact) mass is 496 g/mol. The third kappa shape index (κ3) is 4.78. The van der Waals surface area contributed by atoms with Crippen molar-refractivity contribution in [3.05, 3.63) is 41.3 Å². The number of amides is 2. The van der Waals surface area contributed by atoms with Gasteiger partial charge in [0.05, 0.1) is 11.8 Å². The van der Waals surface area contributed by atoms with Gasteiger partial charge in [0.25, 0.3) is 0 Å². The van der Waals surface area contributed by atoms with Gasteiger partial charge in [0, 0.05) is 43.6 Å². The molecule has 0 aliphatic carbocycles. The number of pyridine rings is 1. The van der Waals surface area contributed by atoms with Crippen molar-refractivity contribution < 1.29 is 14.7 Å². The molecule has 2 aromatic rings. The highest BCUT2D eigenvalue weighted by molar-refractivity contribution is 6.00.